The first kappa shape index (κ1) is 27.1. The maximum atomic E-state index is 13.2. The van der Waals surface area contributed by atoms with E-state index in [0.717, 1.165) is 85.9 Å². The minimum atomic E-state index is 0.00224. The van der Waals surface area contributed by atoms with Gasteiger partial charge in [-0.15, -0.1) is 0 Å². The summed E-state index contributed by atoms with van der Waals surface area (Å²) in [7, 11) is 0. The van der Waals surface area contributed by atoms with Crippen molar-refractivity contribution in [1.29, 1.82) is 0 Å². The van der Waals surface area contributed by atoms with Crippen LogP contribution in [0.2, 0.25) is 0 Å². The number of nitrogens with zero attached hydrogens (tertiary/aromatic N) is 2. The Kier molecular flexibility index (Phi) is 8.96. The second-order valence-corrected chi connectivity index (χ2v) is 11.8. The summed E-state index contributed by atoms with van der Waals surface area (Å²) in [5, 5.41) is 0. The molecule has 5 rings (SSSR count). The van der Waals surface area contributed by atoms with Crippen molar-refractivity contribution in [3.05, 3.63) is 58.7 Å². The van der Waals surface area contributed by atoms with Gasteiger partial charge in [0.25, 0.3) is 0 Å². The lowest BCUT2D eigenvalue weighted by molar-refractivity contribution is 0.0904. The molecule has 3 aliphatic rings. The molecule has 0 spiro atoms. The summed E-state index contributed by atoms with van der Waals surface area (Å²) in [5.41, 5.74) is 3.57. The summed E-state index contributed by atoms with van der Waals surface area (Å²) in [6.45, 7) is 10.8. The Bertz CT molecular complexity index is 1040. The Balaban J connectivity index is 1.20. The molecular weight excluding hydrogens is 472 g/mol. The van der Waals surface area contributed by atoms with Gasteiger partial charge >= 0.3 is 0 Å². The summed E-state index contributed by atoms with van der Waals surface area (Å²) in [6.07, 6.45) is 10.2. The van der Waals surface area contributed by atoms with Crippen molar-refractivity contribution in [2.45, 2.75) is 71.6 Å². The van der Waals surface area contributed by atoms with Crippen LogP contribution in [-0.2, 0) is 6.42 Å². The number of benzene rings is 2. The Hall–Kier alpha value is -2.50. The first-order chi connectivity index (χ1) is 18.5. The van der Waals surface area contributed by atoms with Gasteiger partial charge in [0.05, 0.1) is 0 Å². The molecule has 3 aliphatic heterocycles. The smallest absolute Gasteiger partial charge is 0.165 e. The van der Waals surface area contributed by atoms with Crippen molar-refractivity contribution < 1.29 is 14.3 Å². The highest BCUT2D eigenvalue weighted by molar-refractivity contribution is 5.99. The number of ether oxygens (including phenoxy) is 1. The molecule has 0 amide bonds. The van der Waals surface area contributed by atoms with Gasteiger partial charge in [0.15, 0.2) is 11.6 Å². The molecule has 0 radical (unpaired) electrons. The molecule has 5 heteroatoms. The molecule has 5 nitrogen and oxygen atoms in total. The molecule has 2 fully saturated rings. The first-order valence-corrected chi connectivity index (χ1v) is 14.9. The molecule has 0 bridgehead atoms. The Morgan fingerprint density at radius 3 is 1.53 bits per heavy atom. The average molecular weight is 517 g/mol. The van der Waals surface area contributed by atoms with Crippen molar-refractivity contribution in [2.75, 3.05) is 39.3 Å². The summed E-state index contributed by atoms with van der Waals surface area (Å²) in [5.74, 6) is 2.04. The van der Waals surface area contributed by atoms with Crippen LogP contribution in [0.5, 0.6) is 11.5 Å². The molecule has 0 aromatic heterocycles. The number of rotatable bonds is 10. The molecule has 2 unspecified atom stereocenters. The lowest BCUT2D eigenvalue weighted by Gasteiger charge is -2.27. The third-order valence-electron chi connectivity index (χ3n) is 8.84. The number of piperidine rings is 2. The van der Waals surface area contributed by atoms with E-state index < -0.39 is 0 Å². The predicted molar refractivity (Wildman–Crippen MR) is 153 cm³/mol. The lowest BCUT2D eigenvalue weighted by atomic mass is 9.90. The summed E-state index contributed by atoms with van der Waals surface area (Å²) in [6, 6.07) is 11.7. The fourth-order valence-corrected chi connectivity index (χ4v) is 6.21. The lowest BCUT2D eigenvalue weighted by Crippen LogP contribution is -2.32. The number of hydrogen-bond acceptors (Lipinski definition) is 5. The molecule has 2 atom stereocenters. The summed E-state index contributed by atoms with van der Waals surface area (Å²) in [4.78, 5) is 31.5. The third-order valence-corrected chi connectivity index (χ3v) is 8.84. The van der Waals surface area contributed by atoms with Crippen LogP contribution in [0, 0.1) is 11.8 Å². The van der Waals surface area contributed by atoms with Crippen molar-refractivity contribution in [1.82, 2.24) is 9.80 Å². The molecule has 0 N–H and O–H groups in total. The van der Waals surface area contributed by atoms with Crippen molar-refractivity contribution in [2.24, 2.45) is 11.8 Å². The number of Topliss-reactive ketones (excluding diaryl/α,β-unsaturated/α-hetero) is 2. The quantitative estimate of drug-likeness (QED) is 0.278. The van der Waals surface area contributed by atoms with Crippen LogP contribution in [0.4, 0.5) is 0 Å². The normalized spacial score (nSPS) is 19.6. The van der Waals surface area contributed by atoms with E-state index in [1.807, 2.05) is 36.4 Å². The Labute approximate surface area is 228 Å². The van der Waals surface area contributed by atoms with Gasteiger partial charge in [-0.1, -0.05) is 26.7 Å². The molecule has 3 heterocycles. The Morgan fingerprint density at radius 1 is 0.684 bits per heavy atom. The van der Waals surface area contributed by atoms with Gasteiger partial charge in [0.1, 0.15) is 11.5 Å². The minimum Gasteiger partial charge on any atom is -0.457 e. The molecule has 2 aromatic carbocycles. The zero-order valence-corrected chi connectivity index (χ0v) is 23.3. The van der Waals surface area contributed by atoms with Crippen molar-refractivity contribution >= 4 is 11.6 Å². The van der Waals surface area contributed by atoms with Gasteiger partial charge < -0.3 is 14.5 Å². The topological polar surface area (TPSA) is 49.9 Å². The second-order valence-electron chi connectivity index (χ2n) is 11.8. The maximum Gasteiger partial charge on any atom is 0.165 e. The molecule has 204 valence electrons. The van der Waals surface area contributed by atoms with E-state index in [1.54, 1.807) is 0 Å². The number of likely N-dealkylation sites (tertiary alicyclic amines) is 2. The highest BCUT2D eigenvalue weighted by Crippen LogP contribution is 2.38. The SMILES string of the molecule is CC(CCN1CCCCC1)C(=O)c1ccc2c(c1)Cc1cc(C(=O)C(C)CCN3CCCCC3)ccc1O2. The highest BCUT2D eigenvalue weighted by atomic mass is 16.5. The molecule has 2 aromatic rings. The fraction of sp³-hybridized carbons (Fsp3) is 0.576. The van der Waals surface area contributed by atoms with E-state index in [9.17, 15) is 9.59 Å². The van der Waals surface area contributed by atoms with E-state index in [0.29, 0.717) is 6.42 Å². The van der Waals surface area contributed by atoms with Gasteiger partial charge in [-0.3, -0.25) is 9.59 Å². The molecular formula is C33H44N2O3. The molecule has 2 saturated heterocycles. The van der Waals surface area contributed by atoms with E-state index in [-0.39, 0.29) is 23.4 Å². The number of ketones is 2. The van der Waals surface area contributed by atoms with Gasteiger partial charge in [-0.25, -0.2) is 0 Å². The van der Waals surface area contributed by atoms with Crippen molar-refractivity contribution in [3.63, 3.8) is 0 Å². The van der Waals surface area contributed by atoms with Gasteiger partial charge in [0.2, 0.25) is 0 Å². The van der Waals surface area contributed by atoms with Crippen LogP contribution in [-0.4, -0.2) is 60.6 Å². The average Bonchev–Trinajstić information content (AvgIpc) is 2.97. The van der Waals surface area contributed by atoms with Gasteiger partial charge in [-0.2, -0.15) is 0 Å². The molecule has 0 aliphatic carbocycles. The van der Waals surface area contributed by atoms with Crippen LogP contribution in [0.15, 0.2) is 36.4 Å². The van der Waals surface area contributed by atoms with Crippen LogP contribution < -0.4 is 4.74 Å². The highest BCUT2D eigenvalue weighted by Gasteiger charge is 2.24. The minimum absolute atomic E-state index is 0.00224. The van der Waals surface area contributed by atoms with Crippen LogP contribution in [0.3, 0.4) is 0 Å². The van der Waals surface area contributed by atoms with Gasteiger partial charge in [0, 0.05) is 40.5 Å². The number of fused-ring (bicyclic) bond motifs is 2. The maximum absolute atomic E-state index is 13.2. The van der Waals surface area contributed by atoms with Crippen LogP contribution >= 0.6 is 0 Å². The van der Waals surface area contributed by atoms with Crippen molar-refractivity contribution in [3.8, 4) is 11.5 Å². The van der Waals surface area contributed by atoms with E-state index in [1.165, 1.54) is 38.5 Å². The summed E-state index contributed by atoms with van der Waals surface area (Å²) >= 11 is 0. The first-order valence-electron chi connectivity index (χ1n) is 14.9. The standard InChI is InChI=1S/C33H44N2O3/c1-24(13-19-34-15-5-3-6-16-34)32(36)26-9-11-30-28(21-26)23-29-22-27(10-12-31(29)38-30)33(37)25(2)14-20-35-17-7-4-8-18-35/h9-12,21-22,24-25H,3-8,13-20,23H2,1-2H3. The van der Waals surface area contributed by atoms with Gasteiger partial charge in [-0.05, 0) is 114 Å². The third kappa shape index (κ3) is 6.55. The van der Waals surface area contributed by atoms with Crippen LogP contribution in [0.25, 0.3) is 0 Å². The zero-order valence-electron chi connectivity index (χ0n) is 23.3. The number of carbonyl (C=O) groups is 2. The largest absolute Gasteiger partial charge is 0.457 e. The molecule has 38 heavy (non-hydrogen) atoms. The predicted octanol–water partition coefficient (Wildman–Crippen LogP) is 6.77. The monoisotopic (exact) mass is 516 g/mol. The second kappa shape index (κ2) is 12.6. The molecule has 0 saturated carbocycles. The fourth-order valence-electron chi connectivity index (χ4n) is 6.21. The summed E-state index contributed by atoms with van der Waals surface area (Å²) < 4.78 is 6.19. The Morgan fingerprint density at radius 2 is 1.11 bits per heavy atom. The number of carbonyl (C=O) groups excluding carboxylic acids is 2. The zero-order chi connectivity index (χ0) is 26.5. The van der Waals surface area contributed by atoms with E-state index >= 15 is 0 Å². The van der Waals surface area contributed by atoms with E-state index in [2.05, 4.69) is 23.6 Å². The van der Waals surface area contributed by atoms with Crippen LogP contribution in [0.1, 0.15) is 97.1 Å². The van der Waals surface area contributed by atoms with E-state index in [4.69, 9.17) is 4.74 Å². The number of hydrogen-bond donors (Lipinski definition) is 0.